The maximum atomic E-state index is 5.06. The molecule has 3 aliphatic carbocycles. The highest BCUT2D eigenvalue weighted by molar-refractivity contribution is 6.05. The lowest BCUT2D eigenvalue weighted by Gasteiger charge is -2.28. The number of rotatable bonds is 10. The van der Waals surface area contributed by atoms with E-state index in [0.717, 1.165) is 77.7 Å². The summed E-state index contributed by atoms with van der Waals surface area (Å²) in [6.07, 6.45) is 16.8. The summed E-state index contributed by atoms with van der Waals surface area (Å²) < 4.78 is 0. The van der Waals surface area contributed by atoms with Gasteiger partial charge in [-0.1, -0.05) is 248 Å². The molecule has 0 bridgehead atoms. The Morgan fingerprint density at radius 1 is 0.253 bits per heavy atom. The summed E-state index contributed by atoms with van der Waals surface area (Å²) in [5.41, 5.74) is 21.7. The average Bonchev–Trinajstić information content (AvgIpc) is 1.69. The van der Waals surface area contributed by atoms with Gasteiger partial charge in [-0.05, 0) is 159 Å². The van der Waals surface area contributed by atoms with E-state index in [1.54, 1.807) is 0 Å². The van der Waals surface area contributed by atoms with Crippen LogP contribution in [-0.2, 0) is 16.2 Å². The number of aromatic nitrogens is 4. The number of pyridine rings is 4. The van der Waals surface area contributed by atoms with Crippen LogP contribution in [0, 0.1) is 0 Å². The highest BCUT2D eigenvalue weighted by atomic mass is 15.2. The van der Waals surface area contributed by atoms with E-state index in [0.29, 0.717) is 0 Å². The molecule has 14 aromatic rings. The highest BCUT2D eigenvalue weighted by Crippen LogP contribution is 2.55. The van der Waals surface area contributed by atoms with Gasteiger partial charge in [-0.3, -0.25) is 9.80 Å². The van der Waals surface area contributed by atoms with Gasteiger partial charge in [-0.2, -0.15) is 0 Å². The Morgan fingerprint density at radius 3 is 0.747 bits per heavy atom. The van der Waals surface area contributed by atoms with Crippen LogP contribution in [-0.4, -0.2) is 19.9 Å². The van der Waals surface area contributed by atoms with Gasteiger partial charge in [0.15, 0.2) is 0 Å². The summed E-state index contributed by atoms with van der Waals surface area (Å²) in [6, 6.07) is 84.1. The van der Waals surface area contributed by atoms with Gasteiger partial charge in [-0.25, -0.2) is 19.9 Å². The fourth-order valence-corrected chi connectivity index (χ4v) is 15.2. The first-order chi connectivity index (χ1) is 44.4. The zero-order valence-corrected chi connectivity index (χ0v) is 51.7. The third-order valence-corrected chi connectivity index (χ3v) is 20.0. The summed E-state index contributed by atoms with van der Waals surface area (Å²) >= 11 is 0. The van der Waals surface area contributed by atoms with Gasteiger partial charge in [0, 0.05) is 74.0 Å². The first-order valence-corrected chi connectivity index (χ1v) is 31.6. The summed E-state index contributed by atoms with van der Waals surface area (Å²) in [5.74, 6) is 3.42. The Bertz CT molecular complexity index is 4920. The zero-order valence-electron chi connectivity index (χ0n) is 51.7. The minimum atomic E-state index is -0.262. The van der Waals surface area contributed by atoms with Crippen LogP contribution in [0.25, 0.3) is 101 Å². The summed E-state index contributed by atoms with van der Waals surface area (Å²) in [5, 5.41) is 8.83. The minimum absolute atomic E-state index is 0.186. The number of anilines is 6. The van der Waals surface area contributed by atoms with E-state index in [4.69, 9.17) is 19.9 Å². The largest absolute Gasteiger partial charge is 0.278 e. The van der Waals surface area contributed by atoms with E-state index < -0.39 is 0 Å². The minimum Gasteiger partial charge on any atom is -0.278 e. The molecule has 0 fully saturated rings. The van der Waals surface area contributed by atoms with Gasteiger partial charge in [0.1, 0.15) is 23.3 Å². The first kappa shape index (κ1) is 54.1. The van der Waals surface area contributed by atoms with Crippen LogP contribution in [0.5, 0.6) is 0 Å². The van der Waals surface area contributed by atoms with Crippen molar-refractivity contribution in [2.45, 2.75) is 57.8 Å². The molecule has 0 atom stereocenters. The van der Waals surface area contributed by atoms with Crippen LogP contribution < -0.4 is 9.80 Å². The van der Waals surface area contributed by atoms with Gasteiger partial charge in [0.25, 0.3) is 0 Å². The molecule has 4 heterocycles. The van der Waals surface area contributed by atoms with Crippen molar-refractivity contribution in [1.82, 2.24) is 19.9 Å². The van der Waals surface area contributed by atoms with Crippen LogP contribution in [0.2, 0.25) is 0 Å². The molecular weight excluding hydrogens is 1100 g/mol. The summed E-state index contributed by atoms with van der Waals surface area (Å²) in [4.78, 5) is 24.8. The van der Waals surface area contributed by atoms with Crippen molar-refractivity contribution in [2.75, 3.05) is 9.80 Å². The maximum absolute atomic E-state index is 5.06. The smallest absolute Gasteiger partial charge is 0.146 e. The fraction of sp³-hybridized carbons (Fsp3) is 0.106. The molecule has 3 aliphatic rings. The number of benzene rings is 10. The molecule has 10 aromatic carbocycles. The van der Waals surface area contributed by atoms with Gasteiger partial charge in [0.2, 0.25) is 0 Å². The fourth-order valence-electron chi connectivity index (χ4n) is 15.2. The molecule has 0 amide bonds. The lowest BCUT2D eigenvalue weighted by atomic mass is 9.81. The second kappa shape index (κ2) is 20.5. The summed E-state index contributed by atoms with van der Waals surface area (Å²) in [7, 11) is 0. The van der Waals surface area contributed by atoms with Crippen molar-refractivity contribution in [3.63, 3.8) is 0 Å². The predicted octanol–water partition coefficient (Wildman–Crippen LogP) is 22.1. The van der Waals surface area contributed by atoms with Crippen LogP contribution in [0.15, 0.2) is 255 Å². The van der Waals surface area contributed by atoms with Crippen molar-refractivity contribution in [3.05, 3.63) is 311 Å². The molecule has 6 heteroatoms. The first-order valence-electron chi connectivity index (χ1n) is 31.6. The monoisotopic (exact) mass is 1170 g/mol. The lowest BCUT2D eigenvalue weighted by Crippen LogP contribution is -2.18. The Balaban J connectivity index is 0.628. The van der Waals surface area contributed by atoms with Gasteiger partial charge < -0.3 is 0 Å². The Labute approximate surface area is 530 Å². The molecule has 0 N–H and O–H groups in total. The van der Waals surface area contributed by atoms with Crippen LogP contribution >= 0.6 is 0 Å². The second-order valence-corrected chi connectivity index (χ2v) is 26.3. The molecule has 17 rings (SSSR count). The molecule has 0 saturated carbocycles. The molecule has 0 saturated heterocycles. The van der Waals surface area contributed by atoms with Crippen LogP contribution in [0.1, 0.15) is 97.2 Å². The molecule has 91 heavy (non-hydrogen) atoms. The highest BCUT2D eigenvalue weighted by Gasteiger charge is 2.39. The number of hydrogen-bond donors (Lipinski definition) is 0. The molecule has 434 valence electrons. The topological polar surface area (TPSA) is 58.0 Å². The van der Waals surface area contributed by atoms with Crippen molar-refractivity contribution in [1.29, 1.82) is 0 Å². The normalized spacial score (nSPS) is 14.4. The van der Waals surface area contributed by atoms with Crippen LogP contribution in [0.3, 0.4) is 0 Å². The quantitative estimate of drug-likeness (QED) is 0.127. The molecular formula is C85H64N6. The second-order valence-electron chi connectivity index (χ2n) is 26.3. The average molecular weight is 1170 g/mol. The van der Waals surface area contributed by atoms with Gasteiger partial charge in [-0.15, -0.1) is 0 Å². The Hall–Kier alpha value is -11.1. The van der Waals surface area contributed by atoms with E-state index >= 15 is 0 Å². The summed E-state index contributed by atoms with van der Waals surface area (Å²) in [6.45, 7) is 14.2. The van der Waals surface area contributed by atoms with Crippen molar-refractivity contribution in [2.24, 2.45) is 0 Å². The van der Waals surface area contributed by atoms with E-state index in [9.17, 15) is 0 Å². The predicted molar refractivity (Wildman–Crippen MR) is 380 cm³/mol. The third-order valence-electron chi connectivity index (χ3n) is 20.0. The maximum Gasteiger partial charge on any atom is 0.146 e. The number of nitrogens with zero attached hydrogens (tertiary/aromatic N) is 6. The number of fused-ring (bicyclic) bond motifs is 13. The molecule has 0 radical (unpaired) electrons. The standard InChI is InChI=1S/C85H64N6/c1-83(2)73-47-53(23-25-55-29-35-69-71-37-31-61(51-77(71)84(3,4)75(69)49-55)90(79-63-19-11-7-15-57(63)39-43-86-79)80-64-20-12-8-16-58(64)40-44-87-80)27-33-67(73)68-34-28-54(48-74(68)83)24-26-56-30-36-70-72-38-32-62(52-78(72)85(5,6)76(70)50-56)91(81-65-21-13-9-17-59(65)41-45-88-81)82-66-22-14-10-18-60(66)42-46-89-82/h7-52H,1-6H3/b25-23+,26-24+. The van der Waals surface area contributed by atoms with E-state index in [-0.39, 0.29) is 16.2 Å². The van der Waals surface area contributed by atoms with Crippen molar-refractivity contribution >= 4 is 102 Å². The van der Waals surface area contributed by atoms with Crippen molar-refractivity contribution in [3.8, 4) is 33.4 Å². The van der Waals surface area contributed by atoms with E-state index in [2.05, 4.69) is 306 Å². The van der Waals surface area contributed by atoms with Crippen molar-refractivity contribution < 1.29 is 0 Å². The molecule has 0 aliphatic heterocycles. The molecule has 4 aromatic heterocycles. The van der Waals surface area contributed by atoms with E-state index in [1.807, 2.05) is 24.8 Å². The Kier molecular flexibility index (Phi) is 12.2. The van der Waals surface area contributed by atoms with E-state index in [1.165, 1.54) is 89.0 Å². The lowest BCUT2D eigenvalue weighted by molar-refractivity contribution is 0.660. The zero-order chi connectivity index (χ0) is 61.3. The number of hydrogen-bond acceptors (Lipinski definition) is 6. The van der Waals surface area contributed by atoms with Crippen LogP contribution in [0.4, 0.5) is 34.6 Å². The van der Waals surface area contributed by atoms with Gasteiger partial charge >= 0.3 is 0 Å². The SMILES string of the molecule is CC1(C)c2cc(/C=C/c3ccc4c(c3)C(C)(C)c3cc(N(c5nccc6ccccc56)c5nccc6ccccc56)ccc3-4)ccc2-c2ccc(/C=C/c3ccc4c(c3)C(C)(C)c3cc(N(c5nccc6ccccc56)c5nccc6ccccc56)ccc3-4)cc21. The third kappa shape index (κ3) is 8.61. The Morgan fingerprint density at radius 2 is 0.484 bits per heavy atom. The van der Waals surface area contributed by atoms with Gasteiger partial charge in [0.05, 0.1) is 0 Å². The molecule has 0 spiro atoms. The molecule has 6 nitrogen and oxygen atoms in total. The molecule has 0 unspecified atom stereocenters.